The summed E-state index contributed by atoms with van der Waals surface area (Å²) < 4.78 is 0. The fourth-order valence-electron chi connectivity index (χ4n) is 3.83. The molecule has 0 aliphatic carbocycles. The van der Waals surface area contributed by atoms with Gasteiger partial charge in [-0.05, 0) is 32.1 Å². The first kappa shape index (κ1) is 23.9. The molecule has 0 aromatic heterocycles. The van der Waals surface area contributed by atoms with Gasteiger partial charge in [0.1, 0.15) is 0 Å². The highest BCUT2D eigenvalue weighted by atomic mass is 16.2. The minimum absolute atomic E-state index is 0.0671. The van der Waals surface area contributed by atoms with Crippen molar-refractivity contribution < 1.29 is 9.59 Å². The maximum Gasteiger partial charge on any atom is 0.230 e. The molecule has 3 heteroatoms. The summed E-state index contributed by atoms with van der Waals surface area (Å²) in [6.45, 7) is 2.28. The average molecular weight is 378 g/mol. The molecule has 1 aliphatic rings. The fraction of sp³-hybridized carbons (Fsp3) is 0.833. The fourth-order valence-corrected chi connectivity index (χ4v) is 3.83. The lowest BCUT2D eigenvalue weighted by atomic mass is 9.99. The Hall–Kier alpha value is -1.12. The number of carbonyl (C=O) groups excluding carboxylic acids is 2. The Labute approximate surface area is 167 Å². The molecule has 27 heavy (non-hydrogen) atoms. The van der Waals surface area contributed by atoms with Crippen LogP contribution in [0.4, 0.5) is 0 Å². The van der Waals surface area contributed by atoms with Gasteiger partial charge in [0.15, 0.2) is 0 Å². The first-order valence-corrected chi connectivity index (χ1v) is 11.7. The number of allylic oxidation sites excluding steroid dienone is 2. The minimum atomic E-state index is -0.104. The molecule has 0 aromatic rings. The zero-order chi connectivity index (χ0) is 19.6. The number of nitrogens with one attached hydrogen (secondary N) is 1. The summed E-state index contributed by atoms with van der Waals surface area (Å²) in [6.07, 6.45) is 27.2. The molecule has 156 valence electrons. The van der Waals surface area contributed by atoms with Crippen molar-refractivity contribution in [3.05, 3.63) is 12.2 Å². The monoisotopic (exact) mass is 377 g/mol. The zero-order valence-corrected chi connectivity index (χ0v) is 17.8. The first-order valence-electron chi connectivity index (χ1n) is 11.7. The Balaban J connectivity index is 1.75. The van der Waals surface area contributed by atoms with Gasteiger partial charge in [0.25, 0.3) is 0 Å². The third-order valence-electron chi connectivity index (χ3n) is 5.63. The van der Waals surface area contributed by atoms with E-state index in [4.69, 9.17) is 0 Å². The summed E-state index contributed by atoms with van der Waals surface area (Å²) in [5, 5.41) is 2.38. The molecule has 1 atom stereocenters. The van der Waals surface area contributed by atoms with Crippen molar-refractivity contribution >= 4 is 11.8 Å². The van der Waals surface area contributed by atoms with E-state index in [-0.39, 0.29) is 17.7 Å². The van der Waals surface area contributed by atoms with Gasteiger partial charge >= 0.3 is 0 Å². The van der Waals surface area contributed by atoms with E-state index >= 15 is 0 Å². The smallest absolute Gasteiger partial charge is 0.230 e. The van der Waals surface area contributed by atoms with Gasteiger partial charge in [-0.3, -0.25) is 14.9 Å². The molecule has 1 fully saturated rings. The van der Waals surface area contributed by atoms with Gasteiger partial charge in [-0.2, -0.15) is 0 Å². The van der Waals surface area contributed by atoms with Crippen molar-refractivity contribution in [2.75, 3.05) is 0 Å². The molecule has 0 radical (unpaired) electrons. The molecule has 1 rings (SSSR count). The summed E-state index contributed by atoms with van der Waals surface area (Å²) >= 11 is 0. The largest absolute Gasteiger partial charge is 0.296 e. The zero-order valence-electron chi connectivity index (χ0n) is 17.8. The molecule has 0 bridgehead atoms. The normalized spacial score (nSPS) is 17.1. The second-order valence-corrected chi connectivity index (χ2v) is 8.25. The van der Waals surface area contributed by atoms with Gasteiger partial charge in [-0.25, -0.2) is 0 Å². The van der Waals surface area contributed by atoms with Gasteiger partial charge in [0.05, 0.1) is 0 Å². The number of hydrogen-bond acceptors (Lipinski definition) is 2. The Kier molecular flexibility index (Phi) is 15.1. The predicted molar refractivity (Wildman–Crippen MR) is 115 cm³/mol. The molecule has 1 unspecified atom stereocenters. The number of rotatable bonds is 18. The van der Waals surface area contributed by atoms with Crippen molar-refractivity contribution in [2.45, 2.75) is 122 Å². The van der Waals surface area contributed by atoms with Crippen LogP contribution in [0.25, 0.3) is 0 Å². The number of imide groups is 1. The quantitative estimate of drug-likeness (QED) is 0.161. The lowest BCUT2D eigenvalue weighted by molar-refractivity contribution is -0.125. The van der Waals surface area contributed by atoms with Gasteiger partial charge in [-0.15, -0.1) is 0 Å². The van der Waals surface area contributed by atoms with E-state index in [1.165, 1.54) is 83.5 Å². The van der Waals surface area contributed by atoms with Crippen molar-refractivity contribution in [1.29, 1.82) is 0 Å². The molecule has 1 saturated heterocycles. The molecule has 1 heterocycles. The van der Waals surface area contributed by atoms with E-state index in [1.54, 1.807) is 0 Å². The van der Waals surface area contributed by atoms with Gasteiger partial charge < -0.3 is 0 Å². The van der Waals surface area contributed by atoms with Crippen molar-refractivity contribution in [2.24, 2.45) is 5.92 Å². The number of unbranched alkanes of at least 4 members (excludes halogenated alkanes) is 14. The maximum absolute atomic E-state index is 11.5. The van der Waals surface area contributed by atoms with Crippen LogP contribution < -0.4 is 5.32 Å². The van der Waals surface area contributed by atoms with Crippen molar-refractivity contribution in [3.8, 4) is 0 Å². The van der Waals surface area contributed by atoms with Gasteiger partial charge in [0, 0.05) is 12.3 Å². The molecular weight excluding hydrogens is 334 g/mol. The molecule has 0 aromatic carbocycles. The molecule has 2 amide bonds. The first-order chi connectivity index (χ1) is 13.2. The summed E-state index contributed by atoms with van der Waals surface area (Å²) in [5.41, 5.74) is 0. The van der Waals surface area contributed by atoms with Crippen LogP contribution in [-0.2, 0) is 9.59 Å². The van der Waals surface area contributed by atoms with Crippen LogP contribution in [-0.4, -0.2) is 11.8 Å². The Morgan fingerprint density at radius 2 is 1.22 bits per heavy atom. The number of hydrogen-bond donors (Lipinski definition) is 1. The lowest BCUT2D eigenvalue weighted by Crippen LogP contribution is -2.21. The van der Waals surface area contributed by atoms with Crippen LogP contribution in [0.15, 0.2) is 12.2 Å². The molecular formula is C24H43NO2. The molecule has 1 aliphatic heterocycles. The van der Waals surface area contributed by atoms with Crippen LogP contribution in [0, 0.1) is 5.92 Å². The van der Waals surface area contributed by atoms with Gasteiger partial charge in [0.2, 0.25) is 11.8 Å². The Morgan fingerprint density at radius 1 is 0.741 bits per heavy atom. The van der Waals surface area contributed by atoms with E-state index in [2.05, 4.69) is 24.4 Å². The highest BCUT2D eigenvalue weighted by molar-refractivity contribution is 6.03. The molecule has 0 saturated carbocycles. The van der Waals surface area contributed by atoms with E-state index < -0.39 is 0 Å². The van der Waals surface area contributed by atoms with Crippen LogP contribution >= 0.6 is 0 Å². The number of carbonyl (C=O) groups is 2. The highest BCUT2D eigenvalue weighted by Gasteiger charge is 2.29. The third-order valence-corrected chi connectivity index (χ3v) is 5.63. The summed E-state index contributed by atoms with van der Waals surface area (Å²) in [7, 11) is 0. The van der Waals surface area contributed by atoms with Crippen LogP contribution in [0.5, 0.6) is 0 Å². The van der Waals surface area contributed by atoms with Crippen molar-refractivity contribution in [3.63, 3.8) is 0 Å². The predicted octanol–water partition coefficient (Wildman–Crippen LogP) is 6.86. The van der Waals surface area contributed by atoms with Crippen molar-refractivity contribution in [1.82, 2.24) is 5.32 Å². The van der Waals surface area contributed by atoms with E-state index in [9.17, 15) is 9.59 Å². The Bertz CT molecular complexity index is 417. The summed E-state index contributed by atoms with van der Waals surface area (Å²) in [5.74, 6) is -0.239. The second-order valence-electron chi connectivity index (χ2n) is 8.25. The Morgan fingerprint density at radius 3 is 1.70 bits per heavy atom. The topological polar surface area (TPSA) is 46.2 Å². The lowest BCUT2D eigenvalue weighted by Gasteiger charge is -2.04. The van der Waals surface area contributed by atoms with E-state index in [0.717, 1.165) is 25.7 Å². The van der Waals surface area contributed by atoms with Crippen LogP contribution in [0.3, 0.4) is 0 Å². The van der Waals surface area contributed by atoms with Crippen LogP contribution in [0.1, 0.15) is 122 Å². The third kappa shape index (κ3) is 13.7. The molecule has 0 spiro atoms. The van der Waals surface area contributed by atoms with E-state index in [1.807, 2.05) is 0 Å². The van der Waals surface area contributed by atoms with Crippen LogP contribution in [0.2, 0.25) is 0 Å². The minimum Gasteiger partial charge on any atom is -0.296 e. The summed E-state index contributed by atoms with van der Waals surface area (Å²) in [6, 6.07) is 0. The average Bonchev–Trinajstić information content (AvgIpc) is 2.98. The second kappa shape index (κ2) is 17.0. The SMILES string of the molecule is CCCCCCCCCCCCCCC=CCCCCC1CC(=O)NC1=O. The maximum atomic E-state index is 11.5. The highest BCUT2D eigenvalue weighted by Crippen LogP contribution is 2.18. The molecule has 3 nitrogen and oxygen atoms in total. The number of amides is 2. The summed E-state index contributed by atoms with van der Waals surface area (Å²) in [4.78, 5) is 22.6. The standard InChI is InChI=1S/C24H43NO2/c1-2-3-4-5-6-7-8-9-10-11-12-13-14-15-16-17-18-19-20-22-21-23(26)25-24(22)27/h15-16,22H,2-14,17-21H2,1H3,(H,25,26,27). The van der Waals surface area contributed by atoms with E-state index in [0.29, 0.717) is 6.42 Å². The van der Waals surface area contributed by atoms with Gasteiger partial charge in [-0.1, -0.05) is 96.1 Å². The molecule has 1 N–H and O–H groups in total.